The van der Waals surface area contributed by atoms with Gasteiger partial charge in [0.1, 0.15) is 13.2 Å². The first-order chi connectivity index (χ1) is 11.2. The third-order valence-corrected chi connectivity index (χ3v) is 4.46. The Hall–Kier alpha value is -2.44. The van der Waals surface area contributed by atoms with Crippen LogP contribution >= 0.6 is 0 Å². The molecule has 4 rings (SSSR count). The Kier molecular flexibility index (Phi) is 3.48. The molecule has 3 heterocycles. The van der Waals surface area contributed by atoms with E-state index in [9.17, 15) is 4.79 Å². The third-order valence-electron chi connectivity index (χ3n) is 4.46. The van der Waals surface area contributed by atoms with Gasteiger partial charge in [0, 0.05) is 25.2 Å². The van der Waals surface area contributed by atoms with Gasteiger partial charge in [-0.05, 0) is 12.8 Å². The van der Waals surface area contributed by atoms with Crippen LogP contribution in [0.5, 0.6) is 11.5 Å². The number of aromatic amines is 1. The predicted molar refractivity (Wildman–Crippen MR) is 84.0 cm³/mol. The predicted octanol–water partition coefficient (Wildman–Crippen LogP) is 1.72. The van der Waals surface area contributed by atoms with Gasteiger partial charge in [0.15, 0.2) is 11.5 Å². The lowest BCUT2D eigenvalue weighted by molar-refractivity contribution is -0.146. The smallest absolute Gasteiger partial charge is 0.308 e. The van der Waals surface area contributed by atoms with E-state index in [2.05, 4.69) is 14.9 Å². The molecular weight excluding hydrogens is 298 g/mol. The largest absolute Gasteiger partial charge is 0.486 e. The van der Waals surface area contributed by atoms with Crippen LogP contribution in [-0.2, 0) is 9.53 Å². The molecule has 0 atom stereocenters. The average molecular weight is 317 g/mol. The second kappa shape index (κ2) is 5.64. The van der Waals surface area contributed by atoms with Crippen molar-refractivity contribution in [2.45, 2.75) is 12.8 Å². The van der Waals surface area contributed by atoms with Crippen LogP contribution in [0.1, 0.15) is 12.8 Å². The van der Waals surface area contributed by atoms with Crippen molar-refractivity contribution in [1.82, 2.24) is 9.97 Å². The summed E-state index contributed by atoms with van der Waals surface area (Å²) in [6, 6.07) is 3.84. The summed E-state index contributed by atoms with van der Waals surface area (Å²) >= 11 is 0. The minimum atomic E-state index is -0.115. The fourth-order valence-corrected chi connectivity index (χ4v) is 3.18. The highest BCUT2D eigenvalue weighted by atomic mass is 16.6. The van der Waals surface area contributed by atoms with Gasteiger partial charge in [-0.15, -0.1) is 0 Å². The zero-order valence-electron chi connectivity index (χ0n) is 13.0. The second-order valence-corrected chi connectivity index (χ2v) is 5.86. The van der Waals surface area contributed by atoms with E-state index in [1.807, 2.05) is 12.1 Å². The summed E-state index contributed by atoms with van der Waals surface area (Å²) in [7, 11) is 1.44. The van der Waals surface area contributed by atoms with Gasteiger partial charge in [-0.3, -0.25) is 4.79 Å². The summed E-state index contributed by atoms with van der Waals surface area (Å²) in [5.41, 5.74) is 1.79. The number of fused-ring (bicyclic) bond motifs is 2. The van der Waals surface area contributed by atoms with Crippen LogP contribution in [0.15, 0.2) is 12.1 Å². The van der Waals surface area contributed by atoms with E-state index < -0.39 is 0 Å². The van der Waals surface area contributed by atoms with E-state index in [4.69, 9.17) is 14.2 Å². The molecule has 2 aliphatic rings. The van der Waals surface area contributed by atoms with Crippen LogP contribution in [-0.4, -0.2) is 49.4 Å². The molecule has 0 aliphatic carbocycles. The molecule has 1 aromatic heterocycles. The van der Waals surface area contributed by atoms with Crippen molar-refractivity contribution >= 4 is 23.0 Å². The highest BCUT2D eigenvalue weighted by Crippen LogP contribution is 2.35. The first-order valence-corrected chi connectivity index (χ1v) is 7.87. The van der Waals surface area contributed by atoms with Crippen molar-refractivity contribution in [3.8, 4) is 11.5 Å². The van der Waals surface area contributed by atoms with Crippen molar-refractivity contribution < 1.29 is 19.0 Å². The van der Waals surface area contributed by atoms with Crippen LogP contribution in [0.25, 0.3) is 11.0 Å². The van der Waals surface area contributed by atoms with Crippen molar-refractivity contribution in [3.63, 3.8) is 0 Å². The van der Waals surface area contributed by atoms with Gasteiger partial charge in [0.25, 0.3) is 0 Å². The quantitative estimate of drug-likeness (QED) is 0.850. The van der Waals surface area contributed by atoms with Crippen LogP contribution in [0.2, 0.25) is 0 Å². The molecular formula is C16H19N3O4. The highest BCUT2D eigenvalue weighted by molar-refractivity contribution is 5.82. The molecule has 23 heavy (non-hydrogen) atoms. The SMILES string of the molecule is COC(=O)C1CCN(c2nc3cc4c(cc3[nH]2)OCCO4)CC1. The van der Waals surface area contributed by atoms with Crippen molar-refractivity contribution in [2.75, 3.05) is 38.3 Å². The number of esters is 1. The van der Waals surface area contributed by atoms with Gasteiger partial charge in [0.2, 0.25) is 5.95 Å². The lowest BCUT2D eigenvalue weighted by Gasteiger charge is -2.30. The minimum Gasteiger partial charge on any atom is -0.486 e. The van der Waals surface area contributed by atoms with Crippen molar-refractivity contribution in [2.24, 2.45) is 5.92 Å². The maximum absolute atomic E-state index is 11.6. The van der Waals surface area contributed by atoms with E-state index in [1.165, 1.54) is 7.11 Å². The van der Waals surface area contributed by atoms with E-state index in [1.54, 1.807) is 0 Å². The molecule has 122 valence electrons. The van der Waals surface area contributed by atoms with Crippen LogP contribution in [0, 0.1) is 5.92 Å². The molecule has 1 fully saturated rings. The highest BCUT2D eigenvalue weighted by Gasteiger charge is 2.27. The minimum absolute atomic E-state index is 0.00487. The van der Waals surface area contributed by atoms with E-state index in [0.29, 0.717) is 13.2 Å². The second-order valence-electron chi connectivity index (χ2n) is 5.86. The molecule has 1 N–H and O–H groups in total. The molecule has 0 bridgehead atoms. The molecule has 0 spiro atoms. The number of imidazole rings is 1. The molecule has 1 saturated heterocycles. The molecule has 1 aromatic carbocycles. The fraction of sp³-hybridized carbons (Fsp3) is 0.500. The number of rotatable bonds is 2. The number of carbonyl (C=O) groups is 1. The number of ether oxygens (including phenoxy) is 3. The first-order valence-electron chi connectivity index (χ1n) is 7.87. The third kappa shape index (κ3) is 2.56. The summed E-state index contributed by atoms with van der Waals surface area (Å²) in [5, 5.41) is 0. The number of nitrogens with one attached hydrogen (secondary N) is 1. The Labute approximate surface area is 133 Å². The zero-order chi connectivity index (χ0) is 15.8. The number of piperidine rings is 1. The average Bonchev–Trinajstić information content (AvgIpc) is 3.02. The molecule has 0 radical (unpaired) electrons. The molecule has 7 nitrogen and oxygen atoms in total. The normalized spacial score (nSPS) is 18.2. The van der Waals surface area contributed by atoms with Gasteiger partial charge >= 0.3 is 5.97 Å². The summed E-state index contributed by atoms with van der Waals surface area (Å²) in [5.74, 6) is 2.20. The maximum Gasteiger partial charge on any atom is 0.308 e. The monoisotopic (exact) mass is 317 g/mol. The number of methoxy groups -OCH3 is 1. The Bertz CT molecular complexity index is 691. The van der Waals surface area contributed by atoms with E-state index in [-0.39, 0.29) is 11.9 Å². The Morgan fingerprint density at radius 2 is 1.96 bits per heavy atom. The van der Waals surface area contributed by atoms with Crippen molar-refractivity contribution in [1.29, 1.82) is 0 Å². The maximum atomic E-state index is 11.6. The summed E-state index contributed by atoms with van der Waals surface area (Å²) < 4.78 is 16.0. The number of anilines is 1. The molecule has 0 amide bonds. The number of carbonyl (C=O) groups excluding carboxylic acids is 1. The van der Waals surface area contributed by atoms with Gasteiger partial charge in [-0.1, -0.05) is 0 Å². The Morgan fingerprint density at radius 1 is 1.26 bits per heavy atom. The number of benzene rings is 1. The summed E-state index contributed by atoms with van der Waals surface area (Å²) in [6.45, 7) is 2.70. The lowest BCUT2D eigenvalue weighted by Crippen LogP contribution is -2.37. The molecule has 2 aliphatic heterocycles. The molecule has 0 unspecified atom stereocenters. The standard InChI is InChI=1S/C16H19N3O4/c1-21-15(20)10-2-4-19(5-3-10)16-17-11-8-13-14(9-12(11)18-16)23-7-6-22-13/h8-10H,2-7H2,1H3,(H,17,18). The van der Waals surface area contributed by atoms with Crippen LogP contribution < -0.4 is 14.4 Å². The topological polar surface area (TPSA) is 76.7 Å². The van der Waals surface area contributed by atoms with Crippen LogP contribution in [0.4, 0.5) is 5.95 Å². The van der Waals surface area contributed by atoms with Crippen molar-refractivity contribution in [3.05, 3.63) is 12.1 Å². The van der Waals surface area contributed by atoms with E-state index in [0.717, 1.165) is 54.4 Å². The van der Waals surface area contributed by atoms with Gasteiger partial charge in [-0.2, -0.15) is 0 Å². The Morgan fingerprint density at radius 3 is 2.65 bits per heavy atom. The van der Waals surface area contributed by atoms with Gasteiger partial charge in [0.05, 0.1) is 24.1 Å². The van der Waals surface area contributed by atoms with Gasteiger partial charge < -0.3 is 24.1 Å². The molecule has 0 saturated carbocycles. The summed E-state index contributed by atoms with van der Waals surface area (Å²) in [6.07, 6.45) is 1.57. The summed E-state index contributed by atoms with van der Waals surface area (Å²) in [4.78, 5) is 21.8. The number of aromatic nitrogens is 2. The Balaban J connectivity index is 1.55. The fourth-order valence-electron chi connectivity index (χ4n) is 3.18. The zero-order valence-corrected chi connectivity index (χ0v) is 13.0. The number of H-pyrrole nitrogens is 1. The number of nitrogens with zero attached hydrogens (tertiary/aromatic N) is 2. The van der Waals surface area contributed by atoms with E-state index >= 15 is 0 Å². The first kappa shape index (κ1) is 14.2. The number of hydrogen-bond donors (Lipinski definition) is 1. The lowest BCUT2D eigenvalue weighted by atomic mass is 9.97. The van der Waals surface area contributed by atoms with Gasteiger partial charge in [-0.25, -0.2) is 4.98 Å². The molecule has 7 heteroatoms. The number of hydrogen-bond acceptors (Lipinski definition) is 6. The molecule has 2 aromatic rings. The van der Waals surface area contributed by atoms with Crippen LogP contribution in [0.3, 0.4) is 0 Å².